The summed E-state index contributed by atoms with van der Waals surface area (Å²) in [6, 6.07) is 8.77. The highest BCUT2D eigenvalue weighted by Gasteiger charge is 2.20. The molecule has 0 bridgehead atoms. The van der Waals surface area contributed by atoms with Gasteiger partial charge in [-0.3, -0.25) is 14.9 Å². The van der Waals surface area contributed by atoms with E-state index >= 15 is 0 Å². The van der Waals surface area contributed by atoms with Crippen LogP contribution in [0.15, 0.2) is 44.8 Å². The Hall–Kier alpha value is -2.96. The van der Waals surface area contributed by atoms with Crippen LogP contribution < -0.4 is 4.90 Å². The zero-order chi connectivity index (χ0) is 19.4. The lowest BCUT2D eigenvalue weighted by Gasteiger charge is -2.26. The third-order valence-corrected chi connectivity index (χ3v) is 4.53. The van der Waals surface area contributed by atoms with E-state index in [4.69, 9.17) is 9.15 Å². The average molecular weight is 432 g/mol. The van der Waals surface area contributed by atoms with Crippen LogP contribution >= 0.6 is 15.9 Å². The number of carbonyl (C=O) groups is 1. The van der Waals surface area contributed by atoms with Crippen molar-refractivity contribution < 1.29 is 18.9 Å². The smallest absolute Gasteiger partial charge is 0.270 e. The number of non-ortho nitro benzene ring substituents is 1. The Kier molecular flexibility index (Phi) is 5.69. The first-order valence-corrected chi connectivity index (χ1v) is 8.82. The monoisotopic (exact) mass is 431 g/mol. The average Bonchev–Trinajstić information content (AvgIpc) is 3.06. The van der Waals surface area contributed by atoms with Gasteiger partial charge in [0, 0.05) is 42.9 Å². The van der Waals surface area contributed by atoms with Gasteiger partial charge in [-0.25, -0.2) is 0 Å². The van der Waals surface area contributed by atoms with Crippen molar-refractivity contribution in [2.45, 2.75) is 0 Å². The maximum absolute atomic E-state index is 12.6. The summed E-state index contributed by atoms with van der Waals surface area (Å²) < 4.78 is 11.8. The van der Waals surface area contributed by atoms with Crippen molar-refractivity contribution in [2.75, 3.05) is 31.2 Å². The van der Waals surface area contributed by atoms with Crippen LogP contribution in [0.5, 0.6) is 0 Å². The van der Waals surface area contributed by atoms with Crippen LogP contribution in [0.4, 0.5) is 11.6 Å². The number of allylic oxidation sites excluding steroid dienone is 1. The largest absolute Gasteiger partial charge is 0.440 e. The number of nitro benzene ring substituents is 1. The molecule has 1 fully saturated rings. The maximum Gasteiger partial charge on any atom is 0.270 e. The summed E-state index contributed by atoms with van der Waals surface area (Å²) >= 11 is 3.42. The van der Waals surface area contributed by atoms with Gasteiger partial charge in [-0.05, 0) is 15.9 Å². The zero-order valence-electron chi connectivity index (χ0n) is 14.1. The van der Waals surface area contributed by atoms with Gasteiger partial charge in [0.05, 0.1) is 22.6 Å². The van der Waals surface area contributed by atoms with E-state index in [2.05, 4.69) is 15.9 Å². The molecule has 0 unspecified atom stereocenters. The van der Waals surface area contributed by atoms with Crippen LogP contribution in [-0.4, -0.2) is 37.0 Å². The molecule has 2 heterocycles. The SMILES string of the molecule is N#C/C(=C\c1cc(Br)c(N2CCOCC2)o1)C(=O)c1cccc([N+](=O)[O-])c1. The molecule has 1 aromatic heterocycles. The van der Waals surface area contributed by atoms with Gasteiger partial charge in [0.15, 0.2) is 0 Å². The van der Waals surface area contributed by atoms with Crippen molar-refractivity contribution in [3.8, 4) is 6.07 Å². The first kappa shape index (κ1) is 18.8. The number of nitro groups is 1. The molecule has 0 N–H and O–H groups in total. The van der Waals surface area contributed by atoms with Gasteiger partial charge in [0.1, 0.15) is 17.4 Å². The molecule has 1 aliphatic heterocycles. The number of furan rings is 1. The third kappa shape index (κ3) is 4.24. The molecule has 9 heteroatoms. The molecule has 2 aromatic rings. The fourth-order valence-corrected chi connectivity index (χ4v) is 3.19. The van der Waals surface area contributed by atoms with Gasteiger partial charge in [-0.15, -0.1) is 0 Å². The number of hydrogen-bond donors (Lipinski definition) is 0. The van der Waals surface area contributed by atoms with Gasteiger partial charge in [0.25, 0.3) is 5.69 Å². The lowest BCUT2D eigenvalue weighted by Crippen LogP contribution is -2.36. The number of halogens is 1. The first-order chi connectivity index (χ1) is 13.0. The summed E-state index contributed by atoms with van der Waals surface area (Å²) in [6.07, 6.45) is 1.33. The molecule has 0 aliphatic carbocycles. The molecule has 138 valence electrons. The van der Waals surface area contributed by atoms with E-state index in [1.54, 1.807) is 6.07 Å². The second-order valence-corrected chi connectivity index (χ2v) is 6.56. The van der Waals surface area contributed by atoms with Gasteiger partial charge >= 0.3 is 0 Å². The number of nitrogens with zero attached hydrogens (tertiary/aromatic N) is 3. The van der Waals surface area contributed by atoms with Crippen LogP contribution in [0.3, 0.4) is 0 Å². The molecule has 1 saturated heterocycles. The molecular formula is C18H14BrN3O5. The summed E-state index contributed by atoms with van der Waals surface area (Å²) in [7, 11) is 0. The van der Waals surface area contributed by atoms with Crippen molar-refractivity contribution >= 4 is 39.4 Å². The summed E-state index contributed by atoms with van der Waals surface area (Å²) in [5.41, 5.74) is -0.324. The summed E-state index contributed by atoms with van der Waals surface area (Å²) in [5, 5.41) is 20.2. The fraction of sp³-hybridized carbons (Fsp3) is 0.222. The molecule has 8 nitrogen and oxygen atoms in total. The van der Waals surface area contributed by atoms with Gasteiger partial charge in [0.2, 0.25) is 11.7 Å². The Labute approximate surface area is 162 Å². The minimum absolute atomic E-state index is 0.0658. The van der Waals surface area contributed by atoms with Gasteiger partial charge in [-0.1, -0.05) is 12.1 Å². The molecule has 0 spiro atoms. The molecule has 0 atom stereocenters. The molecular weight excluding hydrogens is 418 g/mol. The Morgan fingerprint density at radius 2 is 2.07 bits per heavy atom. The van der Waals surface area contributed by atoms with Crippen LogP contribution in [0.25, 0.3) is 6.08 Å². The lowest BCUT2D eigenvalue weighted by molar-refractivity contribution is -0.384. The molecule has 27 heavy (non-hydrogen) atoms. The highest BCUT2D eigenvalue weighted by atomic mass is 79.9. The fourth-order valence-electron chi connectivity index (χ4n) is 2.64. The zero-order valence-corrected chi connectivity index (χ0v) is 15.6. The number of nitriles is 1. The van der Waals surface area contributed by atoms with Gasteiger partial charge in [-0.2, -0.15) is 5.26 Å². The second kappa shape index (κ2) is 8.16. The van der Waals surface area contributed by atoms with E-state index in [1.807, 2.05) is 11.0 Å². The van der Waals surface area contributed by atoms with E-state index in [0.717, 1.165) is 6.07 Å². The van der Waals surface area contributed by atoms with E-state index in [1.165, 1.54) is 24.3 Å². The Balaban J connectivity index is 1.88. The number of hydrogen-bond acceptors (Lipinski definition) is 7. The van der Waals surface area contributed by atoms with Crippen LogP contribution in [0.2, 0.25) is 0 Å². The topological polar surface area (TPSA) is 110 Å². The summed E-state index contributed by atoms with van der Waals surface area (Å²) in [6.45, 7) is 2.53. The second-order valence-electron chi connectivity index (χ2n) is 5.71. The maximum atomic E-state index is 12.6. The van der Waals surface area contributed by atoms with Crippen LogP contribution in [0.1, 0.15) is 16.1 Å². The number of ether oxygens (including phenoxy) is 1. The Morgan fingerprint density at radius 3 is 2.74 bits per heavy atom. The van der Waals surface area contributed by atoms with Crippen molar-refractivity contribution in [3.05, 3.63) is 61.8 Å². The van der Waals surface area contributed by atoms with Crippen molar-refractivity contribution in [1.82, 2.24) is 0 Å². The van der Waals surface area contributed by atoms with Gasteiger partial charge < -0.3 is 14.1 Å². The van der Waals surface area contributed by atoms with Crippen molar-refractivity contribution in [2.24, 2.45) is 0 Å². The summed E-state index contributed by atoms with van der Waals surface area (Å²) in [5.74, 6) is 0.324. The quantitative estimate of drug-likeness (QED) is 0.234. The Morgan fingerprint density at radius 1 is 1.33 bits per heavy atom. The Bertz CT molecular complexity index is 954. The van der Waals surface area contributed by atoms with E-state index in [0.29, 0.717) is 42.4 Å². The molecule has 3 rings (SSSR count). The number of benzene rings is 1. The molecule has 0 saturated carbocycles. The molecule has 0 amide bonds. The number of carbonyl (C=O) groups excluding carboxylic acids is 1. The predicted octanol–water partition coefficient (Wildman–Crippen LogP) is 3.58. The van der Waals surface area contributed by atoms with E-state index in [-0.39, 0.29) is 16.8 Å². The highest BCUT2D eigenvalue weighted by molar-refractivity contribution is 9.10. The van der Waals surface area contributed by atoms with Crippen LogP contribution in [0, 0.1) is 21.4 Å². The summed E-state index contributed by atoms with van der Waals surface area (Å²) in [4.78, 5) is 24.8. The minimum Gasteiger partial charge on any atom is -0.440 e. The normalized spacial score (nSPS) is 14.7. The standard InChI is InChI=1S/C18H14BrN3O5/c19-16-10-15(27-18(16)21-4-6-26-7-5-21)9-13(11-20)17(23)12-2-1-3-14(8-12)22(24)25/h1-3,8-10H,4-7H2/b13-9+. The number of Topliss-reactive ketones (excluding diaryl/α,β-unsaturated/α-hetero) is 1. The number of rotatable bonds is 5. The third-order valence-electron chi connectivity index (χ3n) is 3.96. The predicted molar refractivity (Wildman–Crippen MR) is 100 cm³/mol. The van der Waals surface area contributed by atoms with Crippen molar-refractivity contribution in [3.63, 3.8) is 0 Å². The molecule has 1 aromatic carbocycles. The lowest BCUT2D eigenvalue weighted by atomic mass is 10.0. The molecule has 0 radical (unpaired) electrons. The minimum atomic E-state index is -0.610. The number of ketones is 1. The van der Waals surface area contributed by atoms with Crippen LogP contribution in [-0.2, 0) is 4.74 Å². The molecule has 1 aliphatic rings. The van der Waals surface area contributed by atoms with E-state index < -0.39 is 10.7 Å². The first-order valence-electron chi connectivity index (χ1n) is 8.02. The highest BCUT2D eigenvalue weighted by Crippen LogP contribution is 2.32. The van der Waals surface area contributed by atoms with Crippen molar-refractivity contribution in [1.29, 1.82) is 5.26 Å². The number of anilines is 1. The van der Waals surface area contributed by atoms with E-state index in [9.17, 15) is 20.2 Å². The number of morpholine rings is 1.